The van der Waals surface area contributed by atoms with Gasteiger partial charge in [-0.15, -0.1) is 0 Å². The maximum atomic E-state index is 12.8. The summed E-state index contributed by atoms with van der Waals surface area (Å²) in [5.41, 5.74) is 2.20. The lowest BCUT2D eigenvalue weighted by Crippen LogP contribution is -2.30. The molecule has 1 amide bonds. The third-order valence-electron chi connectivity index (χ3n) is 4.22. The summed E-state index contributed by atoms with van der Waals surface area (Å²) in [6.07, 6.45) is -0.260. The zero-order valence-corrected chi connectivity index (χ0v) is 14.1. The molecule has 0 saturated heterocycles. The van der Waals surface area contributed by atoms with Crippen LogP contribution in [0.5, 0.6) is 0 Å². The van der Waals surface area contributed by atoms with Crippen molar-refractivity contribution in [3.05, 3.63) is 70.8 Å². The number of aliphatic hydroxyl groups excluding tert-OH is 1. The first kappa shape index (κ1) is 17.2. The highest BCUT2D eigenvalue weighted by molar-refractivity contribution is 6.09. The number of benzene rings is 2. The van der Waals surface area contributed by atoms with Gasteiger partial charge in [-0.2, -0.15) is 5.26 Å². The van der Waals surface area contributed by atoms with E-state index in [-0.39, 0.29) is 30.2 Å². The monoisotopic (exact) mass is 348 g/mol. The van der Waals surface area contributed by atoms with Crippen LogP contribution in [-0.4, -0.2) is 24.1 Å². The number of hydrogen-bond acceptors (Lipinski definition) is 5. The van der Waals surface area contributed by atoms with E-state index in [0.717, 1.165) is 5.56 Å². The first-order valence-corrected chi connectivity index (χ1v) is 7.94. The van der Waals surface area contributed by atoms with Crippen LogP contribution in [0.4, 0.5) is 5.69 Å². The largest absolute Gasteiger partial charge is 0.507 e. The zero-order valence-electron chi connectivity index (χ0n) is 14.1. The fraction of sp³-hybridized carbons (Fsp3) is 0.150. The van der Waals surface area contributed by atoms with E-state index >= 15 is 0 Å². The molecular weight excluding hydrogens is 332 g/mol. The Labute approximate surface area is 150 Å². The fourth-order valence-electron chi connectivity index (χ4n) is 2.87. The van der Waals surface area contributed by atoms with Crippen molar-refractivity contribution in [3.63, 3.8) is 0 Å². The number of nitrogens with zero attached hydrogens (tertiary/aromatic N) is 2. The number of amides is 1. The van der Waals surface area contributed by atoms with Crippen LogP contribution < -0.4 is 4.90 Å². The molecule has 1 heterocycles. The van der Waals surface area contributed by atoms with Crippen LogP contribution in [0.2, 0.25) is 0 Å². The number of fused-ring (bicyclic) bond motifs is 1. The quantitative estimate of drug-likeness (QED) is 0.861. The highest BCUT2D eigenvalue weighted by Crippen LogP contribution is 2.34. The molecule has 6 nitrogen and oxygen atoms in total. The Morgan fingerprint density at radius 1 is 1.23 bits per heavy atom. The number of ether oxygens (including phenoxy) is 1. The first-order valence-electron chi connectivity index (χ1n) is 7.94. The van der Waals surface area contributed by atoms with Crippen LogP contribution >= 0.6 is 0 Å². The van der Waals surface area contributed by atoms with Gasteiger partial charge < -0.3 is 14.7 Å². The minimum absolute atomic E-state index is 0.0627. The van der Waals surface area contributed by atoms with Gasteiger partial charge in [0.05, 0.1) is 43.0 Å². The molecule has 1 aliphatic heterocycles. The number of esters is 1. The summed E-state index contributed by atoms with van der Waals surface area (Å²) >= 11 is 0. The van der Waals surface area contributed by atoms with E-state index < -0.39 is 5.97 Å². The van der Waals surface area contributed by atoms with Crippen LogP contribution in [0.3, 0.4) is 0 Å². The van der Waals surface area contributed by atoms with Gasteiger partial charge in [0.15, 0.2) is 0 Å². The Kier molecular flexibility index (Phi) is 4.72. The van der Waals surface area contributed by atoms with E-state index in [1.807, 2.05) is 0 Å². The number of carbonyl (C=O) groups excluding carboxylic acids is 2. The highest BCUT2D eigenvalue weighted by atomic mass is 16.5. The summed E-state index contributed by atoms with van der Waals surface area (Å²) in [6.45, 7) is 0.253. The number of nitriles is 1. The van der Waals surface area contributed by atoms with Gasteiger partial charge in [-0.3, -0.25) is 4.79 Å². The van der Waals surface area contributed by atoms with Crippen LogP contribution in [0, 0.1) is 11.3 Å². The molecule has 1 aliphatic rings. The third kappa shape index (κ3) is 3.15. The molecule has 0 bridgehead atoms. The molecule has 1 N–H and O–H groups in total. The lowest BCUT2D eigenvalue weighted by Gasteiger charge is -2.23. The van der Waals surface area contributed by atoms with Crippen molar-refractivity contribution in [2.24, 2.45) is 0 Å². The Balaban J connectivity index is 2.03. The summed E-state index contributed by atoms with van der Waals surface area (Å²) < 4.78 is 4.70. The highest BCUT2D eigenvalue weighted by Gasteiger charge is 2.31. The van der Waals surface area contributed by atoms with Crippen LogP contribution in [0.25, 0.3) is 5.76 Å². The van der Waals surface area contributed by atoms with Crippen molar-refractivity contribution in [1.29, 1.82) is 5.26 Å². The van der Waals surface area contributed by atoms with E-state index in [1.165, 1.54) is 12.0 Å². The molecule has 0 radical (unpaired) electrons. The summed E-state index contributed by atoms with van der Waals surface area (Å²) in [5, 5.41) is 19.4. The minimum Gasteiger partial charge on any atom is -0.507 e. The van der Waals surface area contributed by atoms with Crippen molar-refractivity contribution in [2.75, 3.05) is 12.0 Å². The molecule has 2 aromatic carbocycles. The number of methoxy groups -OCH3 is 1. The van der Waals surface area contributed by atoms with Crippen molar-refractivity contribution in [1.82, 2.24) is 0 Å². The van der Waals surface area contributed by atoms with Gasteiger partial charge in [-0.05, 0) is 29.8 Å². The molecule has 0 unspecified atom stereocenters. The molecule has 0 aliphatic carbocycles. The normalized spacial score (nSPS) is 13.7. The molecule has 26 heavy (non-hydrogen) atoms. The van der Waals surface area contributed by atoms with Gasteiger partial charge in [0.25, 0.3) is 0 Å². The smallest absolute Gasteiger partial charge is 0.338 e. The number of carbonyl (C=O) groups is 2. The molecule has 0 fully saturated rings. The van der Waals surface area contributed by atoms with E-state index in [0.29, 0.717) is 16.8 Å². The summed E-state index contributed by atoms with van der Waals surface area (Å²) in [6, 6.07) is 15.8. The van der Waals surface area contributed by atoms with Gasteiger partial charge in [-0.1, -0.05) is 24.3 Å². The lowest BCUT2D eigenvalue weighted by molar-refractivity contribution is -0.137. The predicted octanol–water partition coefficient (Wildman–Crippen LogP) is 2.94. The minimum atomic E-state index is -0.731. The SMILES string of the molecule is COC(=O)C1=C(O)c2ccccc2N(Cc2ccc(C#N)cc2)C(=O)C1. The van der Waals surface area contributed by atoms with Gasteiger partial charge >= 0.3 is 5.97 Å². The second-order valence-electron chi connectivity index (χ2n) is 5.80. The molecule has 130 valence electrons. The predicted molar refractivity (Wildman–Crippen MR) is 95.0 cm³/mol. The van der Waals surface area contributed by atoms with Crippen molar-refractivity contribution >= 4 is 23.3 Å². The van der Waals surface area contributed by atoms with Gasteiger partial charge in [0.2, 0.25) is 5.91 Å². The van der Waals surface area contributed by atoms with Gasteiger partial charge in [0.1, 0.15) is 5.76 Å². The summed E-state index contributed by atoms with van der Waals surface area (Å²) in [4.78, 5) is 26.3. The summed E-state index contributed by atoms with van der Waals surface area (Å²) in [7, 11) is 1.21. The van der Waals surface area contributed by atoms with Crippen molar-refractivity contribution in [3.8, 4) is 6.07 Å². The van der Waals surface area contributed by atoms with E-state index in [9.17, 15) is 14.7 Å². The molecule has 6 heteroatoms. The summed E-state index contributed by atoms with van der Waals surface area (Å²) in [5.74, 6) is -1.31. The molecule has 0 saturated carbocycles. The molecule has 0 spiro atoms. The lowest BCUT2D eigenvalue weighted by atomic mass is 10.1. The molecular formula is C20H16N2O4. The van der Waals surface area contributed by atoms with Crippen LogP contribution in [0.15, 0.2) is 54.1 Å². The van der Waals surface area contributed by atoms with Crippen LogP contribution in [-0.2, 0) is 20.9 Å². The zero-order chi connectivity index (χ0) is 18.7. The number of hydrogen-bond donors (Lipinski definition) is 1. The standard InChI is InChI=1S/C20H16N2O4/c1-26-20(25)16-10-18(23)22(12-14-8-6-13(11-21)7-9-14)17-5-3-2-4-15(17)19(16)24/h2-9,24H,10,12H2,1H3. The van der Waals surface area contributed by atoms with Gasteiger partial charge in [-0.25, -0.2) is 4.79 Å². The molecule has 0 atom stereocenters. The fourth-order valence-corrected chi connectivity index (χ4v) is 2.87. The van der Waals surface area contributed by atoms with Crippen LogP contribution in [0.1, 0.15) is 23.1 Å². The second-order valence-corrected chi connectivity index (χ2v) is 5.80. The number of aliphatic hydroxyl groups is 1. The average molecular weight is 348 g/mol. The van der Waals surface area contributed by atoms with E-state index in [4.69, 9.17) is 10.00 Å². The topological polar surface area (TPSA) is 90.6 Å². The Bertz CT molecular complexity index is 939. The Hall–Kier alpha value is -3.59. The Morgan fingerprint density at radius 2 is 1.92 bits per heavy atom. The molecule has 3 rings (SSSR count). The van der Waals surface area contributed by atoms with Crippen molar-refractivity contribution in [2.45, 2.75) is 13.0 Å². The maximum absolute atomic E-state index is 12.8. The number of rotatable bonds is 3. The number of para-hydroxylation sites is 1. The first-order chi connectivity index (χ1) is 12.5. The Morgan fingerprint density at radius 3 is 2.58 bits per heavy atom. The van der Waals surface area contributed by atoms with E-state index in [1.54, 1.807) is 48.5 Å². The average Bonchev–Trinajstić information content (AvgIpc) is 2.78. The molecule has 2 aromatic rings. The maximum Gasteiger partial charge on any atom is 0.338 e. The van der Waals surface area contributed by atoms with E-state index in [2.05, 4.69) is 6.07 Å². The second kappa shape index (κ2) is 7.11. The van der Waals surface area contributed by atoms with Crippen molar-refractivity contribution < 1.29 is 19.4 Å². The third-order valence-corrected chi connectivity index (χ3v) is 4.22. The molecule has 0 aromatic heterocycles. The van der Waals surface area contributed by atoms with Gasteiger partial charge in [0, 0.05) is 5.56 Å². The number of anilines is 1.